The van der Waals surface area contributed by atoms with Crippen molar-refractivity contribution in [3.8, 4) is 0 Å². The maximum atomic E-state index is 9.82. The van der Waals surface area contributed by atoms with Crippen LogP contribution < -0.4 is 0 Å². The number of alkyl halides is 1. The molecule has 102 valence electrons. The van der Waals surface area contributed by atoms with E-state index >= 15 is 0 Å². The van der Waals surface area contributed by atoms with Crippen LogP contribution in [0.15, 0.2) is 0 Å². The summed E-state index contributed by atoms with van der Waals surface area (Å²) in [5, 5.41) is 0. The molecule has 0 aromatic rings. The number of carbonyl (C=O) groups excluding carboxylic acids is 1. The molecule has 0 saturated carbocycles. The van der Waals surface area contributed by atoms with Gasteiger partial charge >= 0.3 is 5.97 Å². The van der Waals surface area contributed by atoms with Gasteiger partial charge in [0.2, 0.25) is 0 Å². The number of esters is 1. The van der Waals surface area contributed by atoms with Crippen LogP contribution in [-0.4, -0.2) is 42.5 Å². The molecule has 0 amide bonds. The average Bonchev–Trinajstić information content (AvgIpc) is 2.29. The van der Waals surface area contributed by atoms with Crippen molar-refractivity contribution in [3.05, 3.63) is 0 Å². The normalized spacial score (nSPS) is 20.4. The summed E-state index contributed by atoms with van der Waals surface area (Å²) < 4.78 is 4.40. The summed E-state index contributed by atoms with van der Waals surface area (Å²) in [4.78, 5) is 12.4. The van der Waals surface area contributed by atoms with Crippen LogP contribution in [0, 0.1) is 0 Å². The van der Waals surface area contributed by atoms with Crippen LogP contribution in [0.3, 0.4) is 0 Å². The van der Waals surface area contributed by atoms with Crippen LogP contribution in [0.4, 0.5) is 0 Å². The summed E-state index contributed by atoms with van der Waals surface area (Å²) in [5.74, 6) is 0.598. The van der Waals surface area contributed by atoms with Gasteiger partial charge in [-0.25, -0.2) is 0 Å². The number of likely N-dealkylation sites (tertiary alicyclic amines) is 1. The Balaban J connectivity index is 0.000000366. The van der Waals surface area contributed by atoms with Crippen LogP contribution in [0.5, 0.6) is 0 Å². The molecular weight excluding hydrogens is 238 g/mol. The van der Waals surface area contributed by atoms with E-state index in [9.17, 15) is 4.79 Å². The van der Waals surface area contributed by atoms with Gasteiger partial charge in [-0.2, -0.15) is 0 Å². The third-order valence-corrected chi connectivity index (χ3v) is 3.13. The van der Waals surface area contributed by atoms with Gasteiger partial charge in [0.1, 0.15) is 0 Å². The highest BCUT2D eigenvalue weighted by atomic mass is 35.5. The molecule has 0 N–H and O–H groups in total. The molecular formula is C13H26ClNO2. The van der Waals surface area contributed by atoms with E-state index in [0.717, 1.165) is 18.3 Å². The molecule has 1 unspecified atom stereocenters. The van der Waals surface area contributed by atoms with Gasteiger partial charge in [0, 0.05) is 18.8 Å². The molecule has 0 radical (unpaired) electrons. The average molecular weight is 264 g/mol. The predicted octanol–water partition coefficient (Wildman–Crippen LogP) is 3.06. The van der Waals surface area contributed by atoms with E-state index in [0.29, 0.717) is 6.61 Å². The summed E-state index contributed by atoms with van der Waals surface area (Å²) in [5.41, 5.74) is 0. The molecule has 1 heterocycles. The fourth-order valence-electron chi connectivity index (χ4n) is 1.96. The summed E-state index contributed by atoms with van der Waals surface area (Å²) >= 11 is 5.64. The molecule has 1 fully saturated rings. The molecule has 1 rings (SSSR count). The Hall–Kier alpha value is -0.280. The first-order valence-corrected chi connectivity index (χ1v) is 7.08. The van der Waals surface area contributed by atoms with Crippen LogP contribution >= 0.6 is 11.6 Å². The smallest absolute Gasteiger partial charge is 0.302 e. The van der Waals surface area contributed by atoms with Crippen molar-refractivity contribution < 1.29 is 9.53 Å². The first-order valence-electron chi connectivity index (χ1n) is 6.55. The third kappa shape index (κ3) is 9.42. The standard InChI is InChI=1S/C9H18ClN.C4H8O2/c1-9-5-2-3-7-11(9)8-4-6-10;1-3-6-4(2)5/h9H,2-8H2,1H3;3H2,1-2H3. The van der Waals surface area contributed by atoms with E-state index in [1.807, 2.05) is 0 Å². The Labute approximate surface area is 110 Å². The van der Waals surface area contributed by atoms with Crippen LogP contribution in [0.2, 0.25) is 0 Å². The minimum absolute atomic E-state index is 0.211. The molecule has 1 saturated heterocycles. The van der Waals surface area contributed by atoms with E-state index in [2.05, 4.69) is 16.6 Å². The molecule has 1 aliphatic heterocycles. The lowest BCUT2D eigenvalue weighted by Crippen LogP contribution is -2.38. The summed E-state index contributed by atoms with van der Waals surface area (Å²) in [6.07, 6.45) is 5.32. The van der Waals surface area contributed by atoms with Crippen molar-refractivity contribution in [1.82, 2.24) is 4.90 Å². The molecule has 0 bridgehead atoms. The second-order valence-corrected chi connectivity index (χ2v) is 4.73. The summed E-state index contributed by atoms with van der Waals surface area (Å²) in [6, 6.07) is 0.798. The fraction of sp³-hybridized carbons (Fsp3) is 0.923. The molecule has 1 atom stereocenters. The number of halogens is 1. The van der Waals surface area contributed by atoms with Crippen molar-refractivity contribution >= 4 is 17.6 Å². The zero-order valence-corrected chi connectivity index (χ0v) is 12.1. The first kappa shape index (κ1) is 16.7. The Morgan fingerprint density at radius 1 is 1.47 bits per heavy atom. The van der Waals surface area contributed by atoms with Gasteiger partial charge in [-0.05, 0) is 46.2 Å². The monoisotopic (exact) mass is 263 g/mol. The number of hydrogen-bond donors (Lipinski definition) is 0. The lowest BCUT2D eigenvalue weighted by Gasteiger charge is -2.33. The van der Waals surface area contributed by atoms with Gasteiger partial charge in [0.05, 0.1) is 6.61 Å². The number of hydrogen-bond acceptors (Lipinski definition) is 3. The highest BCUT2D eigenvalue weighted by molar-refractivity contribution is 6.17. The second-order valence-electron chi connectivity index (χ2n) is 4.35. The maximum absolute atomic E-state index is 9.82. The third-order valence-electron chi connectivity index (χ3n) is 2.87. The van der Waals surface area contributed by atoms with Crippen LogP contribution in [-0.2, 0) is 9.53 Å². The quantitative estimate of drug-likeness (QED) is 0.577. The van der Waals surface area contributed by atoms with Crippen molar-refractivity contribution in [1.29, 1.82) is 0 Å². The topological polar surface area (TPSA) is 29.5 Å². The predicted molar refractivity (Wildman–Crippen MR) is 72.5 cm³/mol. The van der Waals surface area contributed by atoms with Crippen molar-refractivity contribution in [2.24, 2.45) is 0 Å². The fourth-order valence-corrected chi connectivity index (χ4v) is 2.08. The molecule has 0 aromatic heterocycles. The highest BCUT2D eigenvalue weighted by Crippen LogP contribution is 2.16. The van der Waals surface area contributed by atoms with Crippen molar-refractivity contribution in [2.75, 3.05) is 25.6 Å². The number of piperidine rings is 1. The lowest BCUT2D eigenvalue weighted by molar-refractivity contribution is -0.140. The Kier molecular flexibility index (Phi) is 10.7. The van der Waals surface area contributed by atoms with Crippen molar-refractivity contribution in [3.63, 3.8) is 0 Å². The Bertz CT molecular complexity index is 200. The van der Waals surface area contributed by atoms with Crippen LogP contribution in [0.25, 0.3) is 0 Å². The number of rotatable bonds is 4. The first-order chi connectivity index (χ1) is 8.11. The van der Waals surface area contributed by atoms with E-state index in [-0.39, 0.29) is 5.97 Å². The van der Waals surface area contributed by atoms with Gasteiger partial charge in [-0.15, -0.1) is 11.6 Å². The second kappa shape index (κ2) is 10.8. The van der Waals surface area contributed by atoms with Crippen LogP contribution in [0.1, 0.15) is 46.5 Å². The minimum atomic E-state index is -0.211. The van der Waals surface area contributed by atoms with E-state index in [4.69, 9.17) is 11.6 Å². The highest BCUT2D eigenvalue weighted by Gasteiger charge is 2.16. The van der Waals surface area contributed by atoms with E-state index in [1.165, 1.54) is 39.3 Å². The molecule has 17 heavy (non-hydrogen) atoms. The molecule has 3 nitrogen and oxygen atoms in total. The summed E-state index contributed by atoms with van der Waals surface area (Å²) in [6.45, 7) is 8.47. The number of carbonyl (C=O) groups is 1. The molecule has 0 aliphatic carbocycles. The van der Waals surface area contributed by atoms with E-state index < -0.39 is 0 Å². The summed E-state index contributed by atoms with van der Waals surface area (Å²) in [7, 11) is 0. The zero-order valence-electron chi connectivity index (χ0n) is 11.4. The zero-order chi connectivity index (χ0) is 13.1. The van der Waals surface area contributed by atoms with Gasteiger partial charge in [0.15, 0.2) is 0 Å². The Morgan fingerprint density at radius 2 is 2.18 bits per heavy atom. The minimum Gasteiger partial charge on any atom is -0.466 e. The largest absolute Gasteiger partial charge is 0.466 e. The lowest BCUT2D eigenvalue weighted by atomic mass is 10.0. The Morgan fingerprint density at radius 3 is 2.59 bits per heavy atom. The number of nitrogens with zero attached hydrogens (tertiary/aromatic N) is 1. The van der Waals surface area contributed by atoms with E-state index in [1.54, 1.807) is 6.92 Å². The molecule has 0 aromatic carbocycles. The molecule has 0 spiro atoms. The molecule has 1 aliphatic rings. The maximum Gasteiger partial charge on any atom is 0.302 e. The van der Waals surface area contributed by atoms with Gasteiger partial charge in [-0.3, -0.25) is 4.79 Å². The molecule has 4 heteroatoms. The van der Waals surface area contributed by atoms with Crippen molar-refractivity contribution in [2.45, 2.75) is 52.5 Å². The SMILES string of the molecule is CC1CCCCN1CCCCl.CCOC(C)=O. The van der Waals surface area contributed by atoms with Gasteiger partial charge < -0.3 is 9.64 Å². The number of ether oxygens (including phenoxy) is 1. The van der Waals surface area contributed by atoms with Gasteiger partial charge in [-0.1, -0.05) is 6.42 Å². The van der Waals surface area contributed by atoms with Gasteiger partial charge in [0.25, 0.3) is 0 Å².